The topological polar surface area (TPSA) is 9.23 Å². The number of hydrogen-bond donors (Lipinski definition) is 0. The molecule has 1 heteroatoms. The highest BCUT2D eigenvalue weighted by atomic mass is 16.5. The normalized spacial score (nSPS) is 12.2. The molecule has 1 heterocycles. The van der Waals surface area contributed by atoms with Crippen molar-refractivity contribution in [1.29, 1.82) is 0 Å². The molecule has 1 aliphatic heterocycles. The highest BCUT2D eigenvalue weighted by Crippen LogP contribution is 2.53. The van der Waals surface area contributed by atoms with E-state index < -0.39 is 0 Å². The summed E-state index contributed by atoms with van der Waals surface area (Å²) in [5, 5.41) is 15.1. The van der Waals surface area contributed by atoms with Gasteiger partial charge < -0.3 is 4.74 Å². The van der Waals surface area contributed by atoms with E-state index in [0.717, 1.165) is 28.2 Å². The van der Waals surface area contributed by atoms with E-state index >= 15 is 0 Å². The largest absolute Gasteiger partial charge is 0.455 e. The zero-order valence-corrected chi connectivity index (χ0v) is 26.6. The van der Waals surface area contributed by atoms with E-state index in [1.165, 1.54) is 81.3 Å². The predicted molar refractivity (Wildman–Crippen MR) is 208 cm³/mol. The van der Waals surface area contributed by atoms with Crippen LogP contribution in [0.25, 0.3) is 98.0 Å². The molecule has 10 aromatic carbocycles. The fourth-order valence-corrected chi connectivity index (χ4v) is 8.37. The van der Waals surface area contributed by atoms with E-state index in [0.29, 0.717) is 0 Å². The summed E-state index contributed by atoms with van der Waals surface area (Å²) in [4.78, 5) is 0. The highest BCUT2D eigenvalue weighted by Gasteiger charge is 2.25. The summed E-state index contributed by atoms with van der Waals surface area (Å²) in [6.45, 7) is 0. The third-order valence-electron chi connectivity index (χ3n) is 10.6. The zero-order valence-electron chi connectivity index (χ0n) is 26.6. The summed E-state index contributed by atoms with van der Waals surface area (Å²) in [6.07, 6.45) is 0. The van der Waals surface area contributed by atoms with Crippen LogP contribution < -0.4 is 4.74 Å². The van der Waals surface area contributed by atoms with E-state index in [1.807, 2.05) is 0 Å². The number of para-hydroxylation sites is 1. The van der Waals surface area contributed by atoms with Crippen LogP contribution in [-0.2, 0) is 0 Å². The fourth-order valence-electron chi connectivity index (χ4n) is 8.37. The summed E-state index contributed by atoms with van der Waals surface area (Å²) < 4.78 is 6.82. The molecule has 1 nitrogen and oxygen atoms in total. The van der Waals surface area contributed by atoms with E-state index in [-0.39, 0.29) is 0 Å². The lowest BCUT2D eigenvalue weighted by Gasteiger charge is -2.25. The van der Waals surface area contributed by atoms with Crippen molar-refractivity contribution in [3.8, 4) is 44.9 Å². The molecule has 1 aliphatic rings. The minimum atomic E-state index is 0.903. The van der Waals surface area contributed by atoms with Gasteiger partial charge in [-0.2, -0.15) is 0 Å². The molecular formula is C48H28O. The van der Waals surface area contributed by atoms with E-state index in [4.69, 9.17) is 4.74 Å². The van der Waals surface area contributed by atoms with Gasteiger partial charge in [-0.3, -0.25) is 0 Å². The van der Waals surface area contributed by atoms with Gasteiger partial charge >= 0.3 is 0 Å². The summed E-state index contributed by atoms with van der Waals surface area (Å²) in [7, 11) is 0. The standard InChI is InChI=1S/C48H28O/c1-2-12-36-34(10-1)35-11-3-4-13-37(35)44-28-32(24-25-39(36)44)30-20-21-31-27-33(23-22-29(31)26-30)46-41-16-6-5-14-38(41)42-17-9-18-43-40-15-7-8-19-45(40)49-48(46)47(42)43/h1-28H. The Hall–Kier alpha value is -6.44. The monoisotopic (exact) mass is 620 g/mol. The van der Waals surface area contributed by atoms with Gasteiger partial charge in [-0.15, -0.1) is 0 Å². The molecular weight excluding hydrogens is 593 g/mol. The highest BCUT2D eigenvalue weighted by molar-refractivity contribution is 6.26. The van der Waals surface area contributed by atoms with E-state index in [1.54, 1.807) is 0 Å². The average Bonchev–Trinajstić information content (AvgIpc) is 3.17. The second-order valence-corrected chi connectivity index (χ2v) is 13.2. The second kappa shape index (κ2) is 10.0. The Balaban J connectivity index is 1.09. The summed E-state index contributed by atoms with van der Waals surface area (Å²) in [6, 6.07) is 62.0. The third kappa shape index (κ3) is 3.82. The van der Waals surface area contributed by atoms with Gasteiger partial charge in [0, 0.05) is 16.5 Å². The lowest BCUT2D eigenvalue weighted by molar-refractivity contribution is 0.489. The van der Waals surface area contributed by atoms with Crippen LogP contribution in [0.5, 0.6) is 11.5 Å². The fraction of sp³-hybridized carbons (Fsp3) is 0. The van der Waals surface area contributed by atoms with E-state index in [9.17, 15) is 0 Å². The molecule has 0 saturated heterocycles. The molecule has 0 amide bonds. The van der Waals surface area contributed by atoms with Crippen LogP contribution in [0.3, 0.4) is 0 Å². The van der Waals surface area contributed by atoms with Crippen LogP contribution in [0.1, 0.15) is 0 Å². The van der Waals surface area contributed by atoms with E-state index in [2.05, 4.69) is 170 Å². The Bertz CT molecular complexity index is 2990. The van der Waals surface area contributed by atoms with Crippen LogP contribution in [0.2, 0.25) is 0 Å². The van der Waals surface area contributed by atoms with Crippen molar-refractivity contribution in [3.05, 3.63) is 170 Å². The summed E-state index contributed by atoms with van der Waals surface area (Å²) >= 11 is 0. The van der Waals surface area contributed by atoms with Crippen molar-refractivity contribution in [2.45, 2.75) is 0 Å². The van der Waals surface area contributed by atoms with Gasteiger partial charge in [0.15, 0.2) is 0 Å². The lowest BCUT2D eigenvalue weighted by Crippen LogP contribution is -2.00. The maximum Gasteiger partial charge on any atom is 0.144 e. The van der Waals surface area contributed by atoms with Crippen molar-refractivity contribution in [3.63, 3.8) is 0 Å². The molecule has 49 heavy (non-hydrogen) atoms. The number of benzene rings is 10. The first-order valence-corrected chi connectivity index (χ1v) is 16.9. The van der Waals surface area contributed by atoms with Crippen LogP contribution in [0.4, 0.5) is 0 Å². The lowest BCUT2D eigenvalue weighted by atomic mass is 9.86. The average molecular weight is 621 g/mol. The van der Waals surface area contributed by atoms with Crippen LogP contribution in [0.15, 0.2) is 170 Å². The van der Waals surface area contributed by atoms with Gasteiger partial charge in [0.2, 0.25) is 0 Å². The minimum Gasteiger partial charge on any atom is -0.455 e. The first-order chi connectivity index (χ1) is 24.3. The number of fused-ring (bicyclic) bond motifs is 11. The molecule has 0 radical (unpaired) electrons. The van der Waals surface area contributed by atoms with Gasteiger partial charge in [-0.25, -0.2) is 0 Å². The molecule has 226 valence electrons. The molecule has 0 unspecified atom stereocenters. The Labute approximate surface area is 283 Å². The molecule has 0 saturated carbocycles. The van der Waals surface area contributed by atoms with Crippen LogP contribution >= 0.6 is 0 Å². The van der Waals surface area contributed by atoms with Crippen molar-refractivity contribution in [2.24, 2.45) is 0 Å². The van der Waals surface area contributed by atoms with Crippen molar-refractivity contribution in [2.75, 3.05) is 0 Å². The maximum atomic E-state index is 6.82. The van der Waals surface area contributed by atoms with Gasteiger partial charge in [0.1, 0.15) is 11.5 Å². The Kier molecular flexibility index (Phi) is 5.45. The third-order valence-corrected chi connectivity index (χ3v) is 10.6. The second-order valence-electron chi connectivity index (χ2n) is 13.2. The molecule has 0 atom stereocenters. The zero-order chi connectivity index (χ0) is 32.1. The Morgan fingerprint density at radius 1 is 0.306 bits per heavy atom. The molecule has 10 aromatic rings. The molecule has 0 fully saturated rings. The number of rotatable bonds is 2. The maximum absolute atomic E-state index is 6.82. The van der Waals surface area contributed by atoms with Crippen molar-refractivity contribution >= 4 is 64.6 Å². The van der Waals surface area contributed by atoms with Crippen molar-refractivity contribution in [1.82, 2.24) is 0 Å². The van der Waals surface area contributed by atoms with Gasteiger partial charge in [0.25, 0.3) is 0 Å². The van der Waals surface area contributed by atoms with Crippen LogP contribution in [0, 0.1) is 0 Å². The van der Waals surface area contributed by atoms with Crippen molar-refractivity contribution < 1.29 is 4.74 Å². The molecule has 0 bridgehead atoms. The summed E-state index contributed by atoms with van der Waals surface area (Å²) in [5.74, 6) is 1.84. The predicted octanol–water partition coefficient (Wildman–Crippen LogP) is 13.7. The molecule has 0 aliphatic carbocycles. The Morgan fingerprint density at radius 3 is 1.53 bits per heavy atom. The smallest absolute Gasteiger partial charge is 0.144 e. The van der Waals surface area contributed by atoms with Gasteiger partial charge in [-0.1, -0.05) is 146 Å². The van der Waals surface area contributed by atoms with Crippen LogP contribution in [-0.4, -0.2) is 0 Å². The SMILES string of the molecule is c1ccc2c(c1)Oc1c(-c3ccc4cc(-c5ccc6c7ccccc7c7ccccc7c6c5)ccc4c3)c3ccccc3c3cccc-2c13. The molecule has 11 rings (SSSR count). The molecule has 0 N–H and O–H groups in total. The minimum absolute atomic E-state index is 0.903. The first kappa shape index (κ1) is 26.6. The number of hydrogen-bond acceptors (Lipinski definition) is 1. The molecule has 0 spiro atoms. The Morgan fingerprint density at radius 2 is 0.796 bits per heavy atom. The first-order valence-electron chi connectivity index (χ1n) is 16.9. The van der Waals surface area contributed by atoms with Gasteiger partial charge in [-0.05, 0) is 106 Å². The summed E-state index contributed by atoms with van der Waals surface area (Å²) in [5.41, 5.74) is 7.11. The van der Waals surface area contributed by atoms with Gasteiger partial charge in [0.05, 0.1) is 0 Å². The quantitative estimate of drug-likeness (QED) is 0.175. The number of ether oxygens (including phenoxy) is 1. The molecule has 0 aromatic heterocycles.